The van der Waals surface area contributed by atoms with E-state index in [4.69, 9.17) is 4.74 Å². The average Bonchev–Trinajstić information content (AvgIpc) is 2.33. The van der Waals surface area contributed by atoms with Crippen LogP contribution in [0.4, 0.5) is 5.69 Å². The summed E-state index contributed by atoms with van der Waals surface area (Å²) in [5.41, 5.74) is 0.470. The normalized spacial score (nSPS) is 16.8. The number of carboxylic acids is 1. The molecule has 0 amide bonds. The van der Waals surface area contributed by atoms with Crippen LogP contribution in [0.15, 0.2) is 24.3 Å². The van der Waals surface area contributed by atoms with Crippen molar-refractivity contribution in [2.24, 2.45) is 5.41 Å². The van der Waals surface area contributed by atoms with E-state index in [9.17, 15) is 9.90 Å². The summed E-state index contributed by atoms with van der Waals surface area (Å²) >= 11 is 0. The molecule has 1 aliphatic carbocycles. The fourth-order valence-electron chi connectivity index (χ4n) is 2.43. The van der Waals surface area contributed by atoms with Crippen LogP contribution in [0.3, 0.4) is 0 Å². The zero-order chi connectivity index (χ0) is 13.2. The van der Waals surface area contributed by atoms with Crippen molar-refractivity contribution < 1.29 is 14.6 Å². The van der Waals surface area contributed by atoms with Crippen LogP contribution in [-0.4, -0.2) is 31.8 Å². The number of nitrogens with zero attached hydrogens (tertiary/aromatic N) is 1. The van der Waals surface area contributed by atoms with Crippen LogP contribution in [0.5, 0.6) is 5.75 Å². The molecule has 1 N–H and O–H groups in total. The molecule has 0 unspecified atom stereocenters. The van der Waals surface area contributed by atoms with Gasteiger partial charge in [-0.1, -0.05) is 6.42 Å². The minimum atomic E-state index is -0.672. The van der Waals surface area contributed by atoms with Gasteiger partial charge in [0.1, 0.15) is 5.75 Å². The van der Waals surface area contributed by atoms with Gasteiger partial charge in [0.15, 0.2) is 0 Å². The van der Waals surface area contributed by atoms with Gasteiger partial charge in [-0.25, -0.2) is 0 Å². The summed E-state index contributed by atoms with van der Waals surface area (Å²) in [4.78, 5) is 13.3. The Morgan fingerprint density at radius 1 is 1.39 bits per heavy atom. The molecule has 0 radical (unpaired) electrons. The van der Waals surface area contributed by atoms with Gasteiger partial charge in [-0.15, -0.1) is 0 Å². The summed E-state index contributed by atoms with van der Waals surface area (Å²) in [7, 11) is 3.57. The Kier molecular flexibility index (Phi) is 3.45. The quantitative estimate of drug-likeness (QED) is 0.870. The minimum absolute atomic E-state index is 0.547. The summed E-state index contributed by atoms with van der Waals surface area (Å²) in [6.45, 7) is 0.564. The van der Waals surface area contributed by atoms with E-state index >= 15 is 0 Å². The predicted octanol–water partition coefficient (Wildman–Crippen LogP) is 2.39. The fraction of sp³-hybridized carbons (Fsp3) is 0.500. The summed E-state index contributed by atoms with van der Waals surface area (Å²) in [5.74, 6) is 0.137. The molecule has 1 saturated carbocycles. The number of hydrogen-bond donors (Lipinski definition) is 1. The lowest BCUT2D eigenvalue weighted by atomic mass is 9.68. The number of carboxylic acid groups (broad SMARTS) is 1. The molecular weight excluding hydrogens is 230 g/mol. The molecule has 2 rings (SSSR count). The maximum Gasteiger partial charge on any atom is 0.311 e. The van der Waals surface area contributed by atoms with E-state index in [1.807, 2.05) is 36.2 Å². The molecule has 0 bridgehead atoms. The predicted molar refractivity (Wildman–Crippen MR) is 70.2 cm³/mol. The van der Waals surface area contributed by atoms with E-state index in [-0.39, 0.29) is 0 Å². The lowest BCUT2D eigenvalue weighted by molar-refractivity contribution is -0.153. The van der Waals surface area contributed by atoms with Crippen molar-refractivity contribution in [1.82, 2.24) is 0 Å². The Morgan fingerprint density at radius 3 is 2.39 bits per heavy atom. The van der Waals surface area contributed by atoms with Crippen molar-refractivity contribution in [2.75, 3.05) is 25.6 Å². The summed E-state index contributed by atoms with van der Waals surface area (Å²) in [6.07, 6.45) is 2.58. The van der Waals surface area contributed by atoms with Crippen LogP contribution in [0.2, 0.25) is 0 Å². The summed E-state index contributed by atoms with van der Waals surface area (Å²) in [6, 6.07) is 7.68. The third kappa shape index (κ3) is 2.28. The van der Waals surface area contributed by atoms with Crippen molar-refractivity contribution in [3.8, 4) is 5.75 Å². The number of aliphatic carboxylic acids is 1. The van der Waals surface area contributed by atoms with Gasteiger partial charge in [0.05, 0.1) is 12.5 Å². The maximum absolute atomic E-state index is 11.3. The number of hydrogen-bond acceptors (Lipinski definition) is 3. The smallest absolute Gasteiger partial charge is 0.311 e. The molecular formula is C14H19NO3. The van der Waals surface area contributed by atoms with Crippen molar-refractivity contribution in [1.29, 1.82) is 0 Å². The van der Waals surface area contributed by atoms with Gasteiger partial charge in [0.2, 0.25) is 0 Å². The Hall–Kier alpha value is -1.71. The average molecular weight is 249 g/mol. The molecule has 0 aliphatic heterocycles. The van der Waals surface area contributed by atoms with Crippen molar-refractivity contribution in [2.45, 2.75) is 19.3 Å². The maximum atomic E-state index is 11.3. The first-order valence-electron chi connectivity index (χ1n) is 6.16. The zero-order valence-corrected chi connectivity index (χ0v) is 10.8. The minimum Gasteiger partial charge on any atom is -0.497 e. The first-order chi connectivity index (χ1) is 8.57. The largest absolute Gasteiger partial charge is 0.497 e. The molecule has 1 aliphatic rings. The molecule has 0 aromatic heterocycles. The van der Waals surface area contributed by atoms with Gasteiger partial charge in [0, 0.05) is 19.3 Å². The lowest BCUT2D eigenvalue weighted by Gasteiger charge is -2.41. The molecule has 0 saturated heterocycles. The number of ether oxygens (including phenoxy) is 1. The number of benzene rings is 1. The van der Waals surface area contributed by atoms with E-state index in [1.165, 1.54) is 0 Å². The Morgan fingerprint density at radius 2 is 2.00 bits per heavy atom. The molecule has 0 atom stereocenters. The van der Waals surface area contributed by atoms with E-state index < -0.39 is 11.4 Å². The number of methoxy groups -OCH3 is 1. The Bertz CT molecular complexity index is 423. The number of rotatable bonds is 5. The SMILES string of the molecule is COc1ccc(N(C)CC2(C(=O)O)CCC2)cc1. The van der Waals surface area contributed by atoms with Gasteiger partial charge in [-0.3, -0.25) is 4.79 Å². The fourth-order valence-corrected chi connectivity index (χ4v) is 2.43. The van der Waals surface area contributed by atoms with E-state index in [0.717, 1.165) is 30.7 Å². The van der Waals surface area contributed by atoms with E-state index in [0.29, 0.717) is 6.54 Å². The first-order valence-corrected chi connectivity index (χ1v) is 6.16. The van der Waals surface area contributed by atoms with Gasteiger partial charge in [0.25, 0.3) is 0 Å². The first kappa shape index (κ1) is 12.7. The molecule has 1 aromatic rings. The summed E-state index contributed by atoms with van der Waals surface area (Å²) < 4.78 is 5.11. The van der Waals surface area contributed by atoms with Crippen LogP contribution in [0, 0.1) is 5.41 Å². The summed E-state index contributed by atoms with van der Waals surface area (Å²) in [5, 5.41) is 9.32. The van der Waals surface area contributed by atoms with Gasteiger partial charge >= 0.3 is 5.97 Å². The second-order valence-corrected chi connectivity index (χ2v) is 4.99. The van der Waals surface area contributed by atoms with Crippen LogP contribution in [-0.2, 0) is 4.79 Å². The highest BCUT2D eigenvalue weighted by molar-refractivity contribution is 5.76. The molecule has 4 heteroatoms. The lowest BCUT2D eigenvalue weighted by Crippen LogP contribution is -2.46. The Balaban J connectivity index is 2.06. The molecule has 0 spiro atoms. The molecule has 4 nitrogen and oxygen atoms in total. The van der Waals surface area contributed by atoms with Crippen LogP contribution in [0.25, 0.3) is 0 Å². The number of carbonyl (C=O) groups is 1. The standard InChI is InChI=1S/C14H19NO3/c1-15(10-14(13(16)17)8-3-9-14)11-4-6-12(18-2)7-5-11/h4-7H,3,8-10H2,1-2H3,(H,16,17). The topological polar surface area (TPSA) is 49.8 Å². The highest BCUT2D eigenvalue weighted by atomic mass is 16.5. The molecule has 98 valence electrons. The third-order valence-corrected chi connectivity index (χ3v) is 3.82. The zero-order valence-electron chi connectivity index (χ0n) is 10.8. The second-order valence-electron chi connectivity index (χ2n) is 4.99. The van der Waals surface area contributed by atoms with E-state index in [1.54, 1.807) is 7.11 Å². The van der Waals surface area contributed by atoms with Crippen LogP contribution < -0.4 is 9.64 Å². The van der Waals surface area contributed by atoms with Crippen molar-refractivity contribution in [3.63, 3.8) is 0 Å². The monoisotopic (exact) mass is 249 g/mol. The van der Waals surface area contributed by atoms with Gasteiger partial charge in [-0.2, -0.15) is 0 Å². The van der Waals surface area contributed by atoms with Gasteiger partial charge in [-0.05, 0) is 37.1 Å². The number of anilines is 1. The van der Waals surface area contributed by atoms with Crippen molar-refractivity contribution in [3.05, 3.63) is 24.3 Å². The van der Waals surface area contributed by atoms with Crippen molar-refractivity contribution >= 4 is 11.7 Å². The molecule has 18 heavy (non-hydrogen) atoms. The highest BCUT2D eigenvalue weighted by Gasteiger charge is 2.45. The Labute approximate surface area is 107 Å². The van der Waals surface area contributed by atoms with Crippen LogP contribution >= 0.6 is 0 Å². The molecule has 1 aromatic carbocycles. The van der Waals surface area contributed by atoms with Gasteiger partial charge < -0.3 is 14.7 Å². The van der Waals surface area contributed by atoms with Crippen LogP contribution in [0.1, 0.15) is 19.3 Å². The second kappa shape index (κ2) is 4.88. The highest BCUT2D eigenvalue weighted by Crippen LogP contribution is 2.42. The van der Waals surface area contributed by atoms with E-state index in [2.05, 4.69) is 0 Å². The molecule has 1 fully saturated rings. The third-order valence-electron chi connectivity index (χ3n) is 3.82. The molecule has 0 heterocycles.